The first-order chi connectivity index (χ1) is 11.9. The molecule has 1 aliphatic rings. The number of methoxy groups -OCH3 is 1. The second-order valence-corrected chi connectivity index (χ2v) is 8.14. The van der Waals surface area contributed by atoms with E-state index in [4.69, 9.17) is 10.5 Å². The third kappa shape index (κ3) is 6.07. The molecule has 0 aliphatic heterocycles. The molecule has 0 aromatic heterocycles. The number of hydrogen-bond acceptors (Lipinski definition) is 5. The molecule has 7 nitrogen and oxygen atoms in total. The van der Waals surface area contributed by atoms with Crippen molar-refractivity contribution >= 4 is 15.9 Å². The van der Waals surface area contributed by atoms with Crippen LogP contribution >= 0.6 is 0 Å². The van der Waals surface area contributed by atoms with Gasteiger partial charge in [0, 0.05) is 32.7 Å². The first-order valence-corrected chi connectivity index (χ1v) is 10.0. The van der Waals surface area contributed by atoms with Crippen molar-refractivity contribution in [1.82, 2.24) is 10.0 Å². The molecule has 0 heterocycles. The monoisotopic (exact) mass is 369 g/mol. The second kappa shape index (κ2) is 9.28. The Kier molecular flexibility index (Phi) is 7.37. The zero-order chi connectivity index (χ0) is 18.3. The van der Waals surface area contributed by atoms with Gasteiger partial charge < -0.3 is 15.8 Å². The molecule has 2 atom stereocenters. The molecule has 1 saturated carbocycles. The fourth-order valence-electron chi connectivity index (χ4n) is 2.98. The fraction of sp³-hybridized carbons (Fsp3) is 0.588. The molecule has 1 fully saturated rings. The average Bonchev–Trinajstić information content (AvgIpc) is 2.98. The predicted molar refractivity (Wildman–Crippen MR) is 95.3 cm³/mol. The van der Waals surface area contributed by atoms with Crippen molar-refractivity contribution in [2.24, 2.45) is 11.7 Å². The highest BCUT2D eigenvalue weighted by atomic mass is 32.2. The molecule has 0 radical (unpaired) electrons. The maximum Gasteiger partial charge on any atom is 0.240 e. The van der Waals surface area contributed by atoms with Crippen molar-refractivity contribution in [1.29, 1.82) is 0 Å². The summed E-state index contributed by atoms with van der Waals surface area (Å²) in [6.07, 6.45) is 3.55. The van der Waals surface area contributed by atoms with Crippen molar-refractivity contribution in [2.75, 3.05) is 20.3 Å². The molecule has 8 heteroatoms. The third-order valence-electron chi connectivity index (χ3n) is 4.49. The van der Waals surface area contributed by atoms with E-state index in [0.29, 0.717) is 19.6 Å². The molecule has 25 heavy (non-hydrogen) atoms. The molecule has 2 rings (SSSR count). The van der Waals surface area contributed by atoms with Gasteiger partial charge in [0.15, 0.2) is 0 Å². The van der Waals surface area contributed by atoms with Gasteiger partial charge in [-0.2, -0.15) is 0 Å². The fourth-order valence-corrected chi connectivity index (χ4v) is 3.99. The lowest BCUT2D eigenvalue weighted by molar-refractivity contribution is -0.122. The zero-order valence-corrected chi connectivity index (χ0v) is 15.3. The van der Waals surface area contributed by atoms with Crippen LogP contribution in [0.5, 0.6) is 0 Å². The van der Waals surface area contributed by atoms with Gasteiger partial charge >= 0.3 is 0 Å². The number of amides is 1. The Labute approximate surface area is 149 Å². The Morgan fingerprint density at radius 2 is 2.00 bits per heavy atom. The Bertz CT molecular complexity index is 661. The van der Waals surface area contributed by atoms with E-state index in [1.54, 1.807) is 12.1 Å². The van der Waals surface area contributed by atoms with E-state index in [0.717, 1.165) is 24.8 Å². The number of carbonyl (C=O) groups is 1. The molecule has 0 unspecified atom stereocenters. The van der Waals surface area contributed by atoms with E-state index in [1.807, 2.05) is 0 Å². The van der Waals surface area contributed by atoms with Crippen molar-refractivity contribution in [3.8, 4) is 0 Å². The number of hydrogen-bond donors (Lipinski definition) is 3. The summed E-state index contributed by atoms with van der Waals surface area (Å²) in [4.78, 5) is 12.2. The van der Waals surface area contributed by atoms with Crippen molar-refractivity contribution in [3.05, 3.63) is 29.8 Å². The van der Waals surface area contributed by atoms with Crippen molar-refractivity contribution < 1.29 is 17.9 Å². The van der Waals surface area contributed by atoms with Crippen LogP contribution in [0.1, 0.15) is 31.2 Å². The highest BCUT2D eigenvalue weighted by Gasteiger charge is 2.25. The number of benzene rings is 1. The second-order valence-electron chi connectivity index (χ2n) is 6.37. The van der Waals surface area contributed by atoms with Crippen LogP contribution in [-0.2, 0) is 26.1 Å². The Morgan fingerprint density at radius 3 is 2.60 bits per heavy atom. The van der Waals surface area contributed by atoms with Gasteiger partial charge in [0.2, 0.25) is 15.9 Å². The molecule has 140 valence electrons. The molecular weight excluding hydrogens is 342 g/mol. The summed E-state index contributed by atoms with van der Waals surface area (Å²) in [5, 5.41) is 2.87. The number of nitrogens with one attached hydrogen (secondary N) is 2. The van der Waals surface area contributed by atoms with Crippen LogP contribution in [0, 0.1) is 5.92 Å². The van der Waals surface area contributed by atoms with Gasteiger partial charge in [0.25, 0.3) is 0 Å². The van der Waals surface area contributed by atoms with Crippen LogP contribution in [-0.4, -0.2) is 40.6 Å². The van der Waals surface area contributed by atoms with Gasteiger partial charge in [0.05, 0.1) is 11.5 Å². The van der Waals surface area contributed by atoms with Crippen LogP contribution < -0.4 is 15.8 Å². The minimum absolute atomic E-state index is 0.0136. The molecule has 0 bridgehead atoms. The highest BCUT2D eigenvalue weighted by Crippen LogP contribution is 2.26. The SMILES string of the molecule is COCCNS(=O)(=O)c1ccc(CNC(=O)C[C@@H]2CCC[C@H]2N)cc1. The molecule has 1 aromatic rings. The maximum atomic E-state index is 12.1. The lowest BCUT2D eigenvalue weighted by Crippen LogP contribution is -2.31. The average molecular weight is 369 g/mol. The van der Waals surface area contributed by atoms with Gasteiger partial charge in [-0.3, -0.25) is 4.79 Å². The van der Waals surface area contributed by atoms with E-state index in [1.165, 1.54) is 19.2 Å². The van der Waals surface area contributed by atoms with Crippen molar-refractivity contribution in [3.63, 3.8) is 0 Å². The van der Waals surface area contributed by atoms with E-state index in [-0.39, 0.29) is 29.3 Å². The predicted octanol–water partition coefficient (Wildman–Crippen LogP) is 0.745. The van der Waals surface area contributed by atoms with Crippen LogP contribution in [0.3, 0.4) is 0 Å². The number of sulfonamides is 1. The van der Waals surface area contributed by atoms with Gasteiger partial charge in [-0.15, -0.1) is 0 Å². The smallest absolute Gasteiger partial charge is 0.240 e. The normalized spacial score (nSPS) is 20.6. The molecule has 1 aromatic carbocycles. The molecule has 1 aliphatic carbocycles. The molecule has 0 saturated heterocycles. The van der Waals surface area contributed by atoms with Crippen LogP contribution in [0.25, 0.3) is 0 Å². The largest absolute Gasteiger partial charge is 0.383 e. The summed E-state index contributed by atoms with van der Waals surface area (Å²) in [5.74, 6) is 0.256. The van der Waals surface area contributed by atoms with Crippen molar-refractivity contribution in [2.45, 2.75) is 43.2 Å². The summed E-state index contributed by atoms with van der Waals surface area (Å²) in [5.41, 5.74) is 6.83. The Balaban J connectivity index is 1.82. The van der Waals surface area contributed by atoms with E-state index >= 15 is 0 Å². The summed E-state index contributed by atoms with van der Waals surface area (Å²) in [7, 11) is -2.02. The lowest BCUT2D eigenvalue weighted by atomic mass is 10.00. The Hall–Kier alpha value is -1.48. The third-order valence-corrected chi connectivity index (χ3v) is 5.96. The van der Waals surface area contributed by atoms with E-state index in [2.05, 4.69) is 10.0 Å². The lowest BCUT2D eigenvalue weighted by Gasteiger charge is -2.14. The molecule has 1 amide bonds. The topological polar surface area (TPSA) is 111 Å². The Morgan fingerprint density at radius 1 is 1.28 bits per heavy atom. The minimum Gasteiger partial charge on any atom is -0.383 e. The summed E-state index contributed by atoms with van der Waals surface area (Å²) < 4.78 is 31.4. The van der Waals surface area contributed by atoms with Crippen LogP contribution in [0.4, 0.5) is 0 Å². The zero-order valence-electron chi connectivity index (χ0n) is 14.5. The van der Waals surface area contributed by atoms with E-state index in [9.17, 15) is 13.2 Å². The van der Waals surface area contributed by atoms with Gasteiger partial charge in [-0.25, -0.2) is 13.1 Å². The summed E-state index contributed by atoms with van der Waals surface area (Å²) in [6.45, 7) is 0.909. The highest BCUT2D eigenvalue weighted by molar-refractivity contribution is 7.89. The summed E-state index contributed by atoms with van der Waals surface area (Å²) >= 11 is 0. The standard InChI is InChI=1S/C17H27N3O4S/c1-24-10-9-20-25(22,23)15-7-5-13(6-8-15)12-19-17(21)11-14-3-2-4-16(14)18/h5-8,14,16,20H,2-4,9-12,18H2,1H3,(H,19,21)/t14-,16+/m0/s1. The molecule has 0 spiro atoms. The first-order valence-electron chi connectivity index (χ1n) is 8.52. The number of rotatable bonds is 9. The summed E-state index contributed by atoms with van der Waals surface area (Å²) in [6, 6.07) is 6.59. The van der Waals surface area contributed by atoms with Crippen LogP contribution in [0.15, 0.2) is 29.2 Å². The maximum absolute atomic E-state index is 12.1. The minimum atomic E-state index is -3.53. The van der Waals surface area contributed by atoms with E-state index < -0.39 is 10.0 Å². The molecule has 4 N–H and O–H groups in total. The van der Waals surface area contributed by atoms with Gasteiger partial charge in [0.1, 0.15) is 0 Å². The van der Waals surface area contributed by atoms with Gasteiger partial charge in [-0.1, -0.05) is 18.6 Å². The number of ether oxygens (including phenoxy) is 1. The van der Waals surface area contributed by atoms with Crippen LogP contribution in [0.2, 0.25) is 0 Å². The quantitative estimate of drug-likeness (QED) is 0.556. The molecular formula is C17H27N3O4S. The van der Waals surface area contributed by atoms with Gasteiger partial charge in [-0.05, 0) is 36.5 Å². The first kappa shape index (κ1) is 19.8. The number of carbonyl (C=O) groups excluding carboxylic acids is 1. The number of nitrogens with two attached hydrogens (primary N) is 1.